The summed E-state index contributed by atoms with van der Waals surface area (Å²) in [5, 5.41) is 6.95. The van der Waals surface area contributed by atoms with Gasteiger partial charge in [-0.15, -0.1) is 6.58 Å². The second-order valence-electron chi connectivity index (χ2n) is 6.40. The zero-order valence-electron chi connectivity index (χ0n) is 15.3. The lowest BCUT2D eigenvalue weighted by Gasteiger charge is -2.23. The topological polar surface area (TPSA) is 76.2 Å². The number of nitrogens with zero attached hydrogens (tertiary/aromatic N) is 3. The number of hydrogen-bond acceptors (Lipinski definition) is 5. The highest BCUT2D eigenvalue weighted by molar-refractivity contribution is 5.85. The highest BCUT2D eigenvalue weighted by Crippen LogP contribution is 2.21. The molecule has 138 valence electrons. The summed E-state index contributed by atoms with van der Waals surface area (Å²) < 4.78 is 0. The van der Waals surface area contributed by atoms with Gasteiger partial charge in [-0.1, -0.05) is 55.7 Å². The van der Waals surface area contributed by atoms with Crippen LogP contribution in [0.15, 0.2) is 60.6 Å². The molecule has 3 rings (SSSR count). The maximum absolute atomic E-state index is 5.15. The van der Waals surface area contributed by atoms with E-state index in [1.54, 1.807) is 18.7 Å². The number of hydrazone groups is 1. The van der Waals surface area contributed by atoms with E-state index in [0.29, 0.717) is 6.04 Å². The molecule has 3 N–H and O–H groups in total. The molecule has 0 bridgehead atoms. The van der Waals surface area contributed by atoms with Gasteiger partial charge in [-0.25, -0.2) is 9.97 Å². The molecule has 0 radical (unpaired) electrons. The van der Waals surface area contributed by atoms with Gasteiger partial charge in [-0.3, -0.25) is 0 Å². The van der Waals surface area contributed by atoms with Crippen LogP contribution in [0.4, 0.5) is 5.82 Å². The van der Waals surface area contributed by atoms with Crippen molar-refractivity contribution in [2.45, 2.75) is 51.0 Å². The fraction of sp³-hybridized carbons (Fsp3) is 0.381. The molecule has 0 amide bonds. The molecule has 1 saturated carbocycles. The van der Waals surface area contributed by atoms with Crippen LogP contribution in [-0.2, 0) is 6.42 Å². The van der Waals surface area contributed by atoms with E-state index < -0.39 is 0 Å². The standard InChI is InChI=1S/C11H17N5.C10H12/c12-15-7-9-6-13-8-14-11(9)16-10-4-2-1-3-5-10;1-2-3-7-10-8-5-4-6-9-10/h6-8,10H,1-5,12H2,(H,13,14,16);2,4-6,8-9H,1,3,7H2/b15-7-;. The summed E-state index contributed by atoms with van der Waals surface area (Å²) >= 11 is 0. The average molecular weight is 351 g/mol. The second-order valence-corrected chi connectivity index (χ2v) is 6.40. The minimum absolute atomic E-state index is 0.522. The number of benzene rings is 1. The summed E-state index contributed by atoms with van der Waals surface area (Å²) in [5.74, 6) is 5.98. The lowest BCUT2D eigenvalue weighted by Crippen LogP contribution is -2.23. The third-order valence-electron chi connectivity index (χ3n) is 4.38. The van der Waals surface area contributed by atoms with E-state index in [2.05, 4.69) is 51.2 Å². The monoisotopic (exact) mass is 351 g/mol. The number of rotatable bonds is 6. The van der Waals surface area contributed by atoms with Crippen LogP contribution in [0.25, 0.3) is 0 Å². The van der Waals surface area contributed by atoms with Crippen LogP contribution in [0.5, 0.6) is 0 Å². The average Bonchev–Trinajstić information content (AvgIpc) is 2.70. The van der Waals surface area contributed by atoms with Gasteiger partial charge in [0.15, 0.2) is 0 Å². The molecule has 1 aliphatic carbocycles. The van der Waals surface area contributed by atoms with E-state index in [0.717, 1.165) is 24.2 Å². The SMILES string of the molecule is C=CCCc1ccccc1.N/N=C\c1cncnc1NC1CCCCC1. The van der Waals surface area contributed by atoms with Crippen LogP contribution >= 0.6 is 0 Å². The zero-order valence-corrected chi connectivity index (χ0v) is 15.3. The molecule has 26 heavy (non-hydrogen) atoms. The van der Waals surface area contributed by atoms with E-state index >= 15 is 0 Å². The Hall–Kier alpha value is -2.69. The van der Waals surface area contributed by atoms with Gasteiger partial charge in [0.25, 0.3) is 0 Å². The van der Waals surface area contributed by atoms with Gasteiger partial charge >= 0.3 is 0 Å². The van der Waals surface area contributed by atoms with E-state index in [1.165, 1.54) is 37.7 Å². The number of aromatic nitrogens is 2. The highest BCUT2D eigenvalue weighted by Gasteiger charge is 2.14. The fourth-order valence-corrected chi connectivity index (χ4v) is 2.99. The molecule has 1 aliphatic rings. The highest BCUT2D eigenvalue weighted by atomic mass is 15.1. The molecule has 0 saturated heterocycles. The van der Waals surface area contributed by atoms with Gasteiger partial charge in [0.05, 0.1) is 11.8 Å². The number of allylic oxidation sites excluding steroid dienone is 1. The first kappa shape index (κ1) is 19.6. The Morgan fingerprint density at radius 1 is 1.19 bits per heavy atom. The zero-order chi connectivity index (χ0) is 18.5. The second kappa shape index (κ2) is 11.8. The maximum Gasteiger partial charge on any atom is 0.138 e. The minimum atomic E-state index is 0.522. The van der Waals surface area contributed by atoms with Crippen molar-refractivity contribution in [1.29, 1.82) is 0 Å². The normalized spacial score (nSPS) is 14.5. The molecule has 0 atom stereocenters. The molecular weight excluding hydrogens is 322 g/mol. The lowest BCUT2D eigenvalue weighted by molar-refractivity contribution is 0.462. The molecule has 2 aromatic rings. The summed E-state index contributed by atoms with van der Waals surface area (Å²) in [7, 11) is 0. The Balaban J connectivity index is 0.000000209. The Morgan fingerprint density at radius 3 is 2.65 bits per heavy atom. The third kappa shape index (κ3) is 7.05. The Kier molecular flexibility index (Phi) is 8.90. The molecule has 1 aromatic heterocycles. The van der Waals surface area contributed by atoms with Gasteiger partial charge in [0.1, 0.15) is 12.1 Å². The van der Waals surface area contributed by atoms with Crippen molar-refractivity contribution in [3.63, 3.8) is 0 Å². The number of anilines is 1. The molecule has 1 heterocycles. The summed E-state index contributed by atoms with van der Waals surface area (Å²) in [6, 6.07) is 11.0. The van der Waals surface area contributed by atoms with Crippen molar-refractivity contribution in [3.8, 4) is 0 Å². The fourth-order valence-electron chi connectivity index (χ4n) is 2.99. The van der Waals surface area contributed by atoms with Gasteiger partial charge < -0.3 is 11.2 Å². The Labute approximate surface area is 156 Å². The van der Waals surface area contributed by atoms with E-state index in [9.17, 15) is 0 Å². The molecule has 0 aliphatic heterocycles. The van der Waals surface area contributed by atoms with Crippen molar-refractivity contribution in [1.82, 2.24) is 9.97 Å². The van der Waals surface area contributed by atoms with E-state index in [4.69, 9.17) is 5.84 Å². The number of aryl methyl sites for hydroxylation is 1. The van der Waals surface area contributed by atoms with Gasteiger partial charge in [-0.05, 0) is 31.2 Å². The first-order valence-electron chi connectivity index (χ1n) is 9.28. The first-order chi connectivity index (χ1) is 12.8. The van der Waals surface area contributed by atoms with Crippen LogP contribution in [0.1, 0.15) is 49.7 Å². The molecule has 0 unspecified atom stereocenters. The van der Waals surface area contributed by atoms with Crippen molar-refractivity contribution < 1.29 is 0 Å². The molecule has 1 aromatic carbocycles. The molecule has 5 heteroatoms. The van der Waals surface area contributed by atoms with E-state index in [-0.39, 0.29) is 0 Å². The number of hydrogen-bond donors (Lipinski definition) is 2. The Morgan fingerprint density at radius 2 is 1.96 bits per heavy atom. The predicted molar refractivity (Wildman–Crippen MR) is 109 cm³/mol. The van der Waals surface area contributed by atoms with Crippen LogP contribution < -0.4 is 11.2 Å². The van der Waals surface area contributed by atoms with Gasteiger partial charge in [0, 0.05) is 12.2 Å². The van der Waals surface area contributed by atoms with Crippen molar-refractivity contribution >= 4 is 12.0 Å². The summed E-state index contributed by atoms with van der Waals surface area (Å²) in [6.45, 7) is 3.68. The summed E-state index contributed by atoms with van der Waals surface area (Å²) in [5.41, 5.74) is 2.23. The van der Waals surface area contributed by atoms with Crippen molar-refractivity contribution in [3.05, 3.63) is 66.6 Å². The molecule has 1 fully saturated rings. The minimum Gasteiger partial charge on any atom is -0.367 e. The van der Waals surface area contributed by atoms with Crippen molar-refractivity contribution in [2.75, 3.05) is 5.32 Å². The number of nitrogens with one attached hydrogen (secondary N) is 1. The van der Waals surface area contributed by atoms with Crippen LogP contribution in [0.2, 0.25) is 0 Å². The maximum atomic E-state index is 5.15. The van der Waals surface area contributed by atoms with Crippen LogP contribution in [0.3, 0.4) is 0 Å². The van der Waals surface area contributed by atoms with Gasteiger partial charge in [-0.2, -0.15) is 5.10 Å². The van der Waals surface area contributed by atoms with Crippen molar-refractivity contribution in [2.24, 2.45) is 10.9 Å². The number of nitrogens with two attached hydrogens (primary N) is 1. The largest absolute Gasteiger partial charge is 0.367 e. The smallest absolute Gasteiger partial charge is 0.138 e. The lowest BCUT2D eigenvalue weighted by atomic mass is 9.95. The third-order valence-corrected chi connectivity index (χ3v) is 4.38. The first-order valence-corrected chi connectivity index (χ1v) is 9.28. The molecule has 5 nitrogen and oxygen atoms in total. The van der Waals surface area contributed by atoms with Crippen LogP contribution in [-0.4, -0.2) is 22.2 Å². The predicted octanol–water partition coefficient (Wildman–Crippen LogP) is 4.32. The molecular formula is C21H29N5. The van der Waals surface area contributed by atoms with Crippen LogP contribution in [0, 0.1) is 0 Å². The van der Waals surface area contributed by atoms with E-state index in [1.807, 2.05) is 12.1 Å². The quantitative estimate of drug-likeness (QED) is 0.352. The Bertz CT molecular complexity index is 663. The summed E-state index contributed by atoms with van der Waals surface area (Å²) in [6.07, 6.45) is 15.3. The van der Waals surface area contributed by atoms with Gasteiger partial charge in [0.2, 0.25) is 0 Å². The summed E-state index contributed by atoms with van der Waals surface area (Å²) in [4.78, 5) is 8.18. The molecule has 0 spiro atoms.